The Morgan fingerprint density at radius 2 is 2.16 bits per heavy atom. The fourth-order valence-electron chi connectivity index (χ4n) is 3.47. The van der Waals surface area contributed by atoms with E-state index in [9.17, 15) is 4.79 Å². The van der Waals surface area contributed by atoms with E-state index >= 15 is 0 Å². The smallest absolute Gasteiger partial charge is 0.241 e. The van der Waals surface area contributed by atoms with E-state index in [4.69, 9.17) is 4.74 Å². The van der Waals surface area contributed by atoms with Crippen LogP contribution in [0, 0.1) is 0 Å². The average Bonchev–Trinajstić information content (AvgIpc) is 3.00. The van der Waals surface area contributed by atoms with Crippen molar-refractivity contribution in [3.05, 3.63) is 0 Å². The van der Waals surface area contributed by atoms with Gasteiger partial charge in [-0.25, -0.2) is 0 Å². The van der Waals surface area contributed by atoms with Gasteiger partial charge in [0.05, 0.1) is 18.3 Å². The van der Waals surface area contributed by atoms with Crippen molar-refractivity contribution >= 4 is 5.91 Å². The molecule has 4 unspecified atom stereocenters. The van der Waals surface area contributed by atoms with Crippen molar-refractivity contribution in [1.29, 1.82) is 0 Å². The van der Waals surface area contributed by atoms with Crippen LogP contribution in [-0.2, 0) is 9.53 Å². The number of unbranched alkanes of at least 4 members (excludes halogenated alkanes) is 1. The molecule has 110 valence electrons. The Labute approximate surface area is 116 Å². The van der Waals surface area contributed by atoms with Crippen molar-refractivity contribution in [3.8, 4) is 0 Å². The molecule has 0 aromatic heterocycles. The summed E-state index contributed by atoms with van der Waals surface area (Å²) in [4.78, 5) is 14.7. The second-order valence-electron chi connectivity index (χ2n) is 5.86. The predicted molar refractivity (Wildman–Crippen MR) is 75.8 cm³/mol. The lowest BCUT2D eigenvalue weighted by molar-refractivity contribution is -0.132. The normalized spacial score (nSPS) is 35.3. The van der Waals surface area contributed by atoms with Crippen LogP contribution in [0.2, 0.25) is 0 Å². The molecule has 0 radical (unpaired) electrons. The highest BCUT2D eigenvalue weighted by molar-refractivity contribution is 5.84. The summed E-state index contributed by atoms with van der Waals surface area (Å²) >= 11 is 0. The van der Waals surface area contributed by atoms with Gasteiger partial charge in [0.25, 0.3) is 0 Å². The SMILES string of the molecule is CCCCC1NC(CC)N(C2CCC(OC)C2)C1=O. The average molecular weight is 268 g/mol. The Balaban J connectivity index is 1.99. The van der Waals surface area contributed by atoms with Crippen molar-refractivity contribution in [2.24, 2.45) is 0 Å². The van der Waals surface area contributed by atoms with E-state index in [0.29, 0.717) is 18.1 Å². The van der Waals surface area contributed by atoms with Crippen molar-refractivity contribution in [1.82, 2.24) is 10.2 Å². The molecule has 4 heteroatoms. The van der Waals surface area contributed by atoms with Gasteiger partial charge in [0.2, 0.25) is 5.91 Å². The number of hydrogen-bond donors (Lipinski definition) is 1. The molecule has 4 atom stereocenters. The summed E-state index contributed by atoms with van der Waals surface area (Å²) in [5.41, 5.74) is 0. The highest BCUT2D eigenvalue weighted by Crippen LogP contribution is 2.31. The second-order valence-corrected chi connectivity index (χ2v) is 5.86. The monoisotopic (exact) mass is 268 g/mol. The van der Waals surface area contributed by atoms with Crippen molar-refractivity contribution in [2.45, 2.75) is 83.1 Å². The zero-order valence-corrected chi connectivity index (χ0v) is 12.5. The zero-order chi connectivity index (χ0) is 13.8. The Bertz CT molecular complexity index is 309. The zero-order valence-electron chi connectivity index (χ0n) is 12.5. The quantitative estimate of drug-likeness (QED) is 0.803. The molecule has 1 amide bonds. The molecule has 0 bridgehead atoms. The first-order valence-electron chi connectivity index (χ1n) is 7.82. The number of nitrogens with one attached hydrogen (secondary N) is 1. The minimum atomic E-state index is 0.0477. The van der Waals surface area contributed by atoms with E-state index in [1.54, 1.807) is 7.11 Å². The molecular weight excluding hydrogens is 240 g/mol. The molecule has 1 heterocycles. The van der Waals surface area contributed by atoms with E-state index in [0.717, 1.165) is 44.9 Å². The highest BCUT2D eigenvalue weighted by Gasteiger charge is 2.43. The lowest BCUT2D eigenvalue weighted by atomic mass is 10.1. The maximum Gasteiger partial charge on any atom is 0.241 e. The van der Waals surface area contributed by atoms with Crippen LogP contribution in [0.15, 0.2) is 0 Å². The molecule has 2 rings (SSSR count). The van der Waals surface area contributed by atoms with Gasteiger partial charge in [-0.15, -0.1) is 0 Å². The third-order valence-electron chi connectivity index (χ3n) is 4.60. The summed E-state index contributed by atoms with van der Waals surface area (Å²) in [5, 5.41) is 3.52. The van der Waals surface area contributed by atoms with E-state index in [2.05, 4.69) is 24.1 Å². The largest absolute Gasteiger partial charge is 0.381 e. The first-order chi connectivity index (χ1) is 9.21. The molecule has 1 saturated heterocycles. The predicted octanol–water partition coefficient (Wildman–Crippen LogP) is 2.28. The van der Waals surface area contributed by atoms with Crippen LogP contribution in [0.4, 0.5) is 0 Å². The lowest BCUT2D eigenvalue weighted by Gasteiger charge is -2.29. The maximum absolute atomic E-state index is 12.6. The molecule has 0 aromatic rings. The molecule has 1 aliphatic carbocycles. The molecule has 0 aromatic carbocycles. The number of rotatable bonds is 6. The third kappa shape index (κ3) is 3.11. The molecule has 2 fully saturated rings. The van der Waals surface area contributed by atoms with Crippen molar-refractivity contribution in [3.63, 3.8) is 0 Å². The topological polar surface area (TPSA) is 41.6 Å². The van der Waals surface area contributed by atoms with Gasteiger partial charge in [0.15, 0.2) is 0 Å². The molecule has 4 nitrogen and oxygen atoms in total. The van der Waals surface area contributed by atoms with Crippen LogP contribution < -0.4 is 5.32 Å². The van der Waals surface area contributed by atoms with Gasteiger partial charge in [0.1, 0.15) is 0 Å². The number of ether oxygens (including phenoxy) is 1. The maximum atomic E-state index is 12.6. The van der Waals surface area contributed by atoms with E-state index in [1.165, 1.54) is 0 Å². The van der Waals surface area contributed by atoms with Gasteiger partial charge in [-0.05, 0) is 32.1 Å². The Morgan fingerprint density at radius 3 is 2.74 bits per heavy atom. The van der Waals surface area contributed by atoms with Crippen LogP contribution in [0.3, 0.4) is 0 Å². The number of methoxy groups -OCH3 is 1. The van der Waals surface area contributed by atoms with Gasteiger partial charge >= 0.3 is 0 Å². The van der Waals surface area contributed by atoms with Crippen molar-refractivity contribution in [2.75, 3.05) is 7.11 Å². The molecule has 1 aliphatic heterocycles. The van der Waals surface area contributed by atoms with Gasteiger partial charge < -0.3 is 9.64 Å². The summed E-state index contributed by atoms with van der Waals surface area (Å²) in [5.74, 6) is 0.321. The molecule has 1 N–H and O–H groups in total. The standard InChI is InChI=1S/C15H28N2O2/c1-4-6-7-13-15(18)17(14(5-2)16-13)11-8-9-12(10-11)19-3/h11-14,16H,4-10H2,1-3H3. The van der Waals surface area contributed by atoms with E-state index < -0.39 is 0 Å². The van der Waals surface area contributed by atoms with Crippen LogP contribution in [-0.4, -0.2) is 42.3 Å². The van der Waals surface area contributed by atoms with Gasteiger partial charge in [-0.3, -0.25) is 10.1 Å². The number of carbonyl (C=O) groups excluding carboxylic acids is 1. The highest BCUT2D eigenvalue weighted by atomic mass is 16.5. The summed E-state index contributed by atoms with van der Waals surface area (Å²) in [6, 6.07) is 0.424. The van der Waals surface area contributed by atoms with Crippen LogP contribution in [0.25, 0.3) is 0 Å². The molecule has 19 heavy (non-hydrogen) atoms. The Kier molecular flexibility index (Phi) is 5.22. The van der Waals surface area contributed by atoms with Gasteiger partial charge in [-0.1, -0.05) is 26.7 Å². The molecule has 0 spiro atoms. The van der Waals surface area contributed by atoms with Crippen LogP contribution in [0.5, 0.6) is 0 Å². The van der Waals surface area contributed by atoms with Crippen LogP contribution >= 0.6 is 0 Å². The van der Waals surface area contributed by atoms with Crippen LogP contribution in [0.1, 0.15) is 58.8 Å². The third-order valence-corrected chi connectivity index (χ3v) is 4.60. The first-order valence-corrected chi connectivity index (χ1v) is 7.82. The number of carbonyl (C=O) groups is 1. The lowest BCUT2D eigenvalue weighted by Crippen LogP contribution is -2.43. The summed E-state index contributed by atoms with van der Waals surface area (Å²) in [6.07, 6.45) is 7.98. The Hall–Kier alpha value is -0.610. The second kappa shape index (κ2) is 6.71. The first kappa shape index (κ1) is 14.8. The summed E-state index contributed by atoms with van der Waals surface area (Å²) < 4.78 is 5.44. The van der Waals surface area contributed by atoms with Gasteiger partial charge in [0, 0.05) is 13.2 Å². The van der Waals surface area contributed by atoms with Gasteiger partial charge in [-0.2, -0.15) is 0 Å². The summed E-state index contributed by atoms with van der Waals surface area (Å²) in [7, 11) is 1.78. The fraction of sp³-hybridized carbons (Fsp3) is 0.933. The Morgan fingerprint density at radius 1 is 1.37 bits per heavy atom. The number of amides is 1. The molecule has 1 saturated carbocycles. The minimum Gasteiger partial charge on any atom is -0.381 e. The summed E-state index contributed by atoms with van der Waals surface area (Å²) in [6.45, 7) is 4.33. The molecule has 2 aliphatic rings. The fourth-order valence-corrected chi connectivity index (χ4v) is 3.47. The van der Waals surface area contributed by atoms with E-state index in [-0.39, 0.29) is 12.2 Å². The molecular formula is C15H28N2O2. The van der Waals surface area contributed by atoms with E-state index in [1.807, 2.05) is 0 Å². The minimum absolute atomic E-state index is 0.0477. The number of hydrogen-bond acceptors (Lipinski definition) is 3. The number of nitrogens with zero attached hydrogens (tertiary/aromatic N) is 1. The van der Waals surface area contributed by atoms with Crippen molar-refractivity contribution < 1.29 is 9.53 Å².